The van der Waals surface area contributed by atoms with E-state index in [1.807, 2.05) is 6.07 Å². The molecule has 0 spiro atoms. The standard InChI is InChI=1S/C13H22N4/c1-13(2)5-8-17(9-6-13)10-11-4-3-7-15-12(11)16-14/h3-4,7H,5-6,8-10,14H2,1-2H3,(H,15,16). The summed E-state index contributed by atoms with van der Waals surface area (Å²) in [6, 6.07) is 4.05. The molecule has 1 saturated heterocycles. The van der Waals surface area contributed by atoms with E-state index in [1.165, 1.54) is 18.4 Å². The van der Waals surface area contributed by atoms with Crippen molar-refractivity contribution in [1.29, 1.82) is 0 Å². The van der Waals surface area contributed by atoms with E-state index in [0.717, 1.165) is 25.5 Å². The van der Waals surface area contributed by atoms with Crippen molar-refractivity contribution in [2.45, 2.75) is 33.2 Å². The van der Waals surface area contributed by atoms with Gasteiger partial charge in [-0.2, -0.15) is 0 Å². The number of rotatable bonds is 3. The summed E-state index contributed by atoms with van der Waals surface area (Å²) < 4.78 is 0. The van der Waals surface area contributed by atoms with Crippen LogP contribution in [0.4, 0.5) is 5.82 Å². The number of anilines is 1. The second-order valence-corrected chi connectivity index (χ2v) is 5.60. The molecule has 1 fully saturated rings. The number of hydrogen-bond donors (Lipinski definition) is 2. The van der Waals surface area contributed by atoms with Gasteiger partial charge in [-0.15, -0.1) is 0 Å². The second kappa shape index (κ2) is 5.02. The molecule has 0 atom stereocenters. The summed E-state index contributed by atoms with van der Waals surface area (Å²) in [5.41, 5.74) is 4.34. The number of nitrogens with two attached hydrogens (primary N) is 1. The van der Waals surface area contributed by atoms with Crippen LogP contribution in [0, 0.1) is 5.41 Å². The fraction of sp³-hybridized carbons (Fsp3) is 0.615. The summed E-state index contributed by atoms with van der Waals surface area (Å²) in [7, 11) is 0. The Kier molecular flexibility index (Phi) is 3.64. The molecule has 0 radical (unpaired) electrons. The number of nitrogens with zero attached hydrogens (tertiary/aromatic N) is 2. The zero-order valence-corrected chi connectivity index (χ0v) is 10.7. The van der Waals surface area contributed by atoms with Crippen LogP contribution < -0.4 is 11.3 Å². The molecule has 1 aliphatic rings. The first-order valence-electron chi connectivity index (χ1n) is 6.24. The van der Waals surface area contributed by atoms with Gasteiger partial charge < -0.3 is 5.43 Å². The molecule has 1 aromatic heterocycles. The number of pyridine rings is 1. The van der Waals surface area contributed by atoms with Gasteiger partial charge in [0.15, 0.2) is 0 Å². The van der Waals surface area contributed by atoms with Crippen LogP contribution in [0.15, 0.2) is 18.3 Å². The van der Waals surface area contributed by atoms with Gasteiger partial charge in [0, 0.05) is 18.3 Å². The average Bonchev–Trinajstić information content (AvgIpc) is 2.32. The van der Waals surface area contributed by atoms with Gasteiger partial charge in [0.25, 0.3) is 0 Å². The Morgan fingerprint density at radius 2 is 2.12 bits per heavy atom. The minimum Gasteiger partial charge on any atom is -0.308 e. The van der Waals surface area contributed by atoms with E-state index >= 15 is 0 Å². The number of aromatic nitrogens is 1. The zero-order valence-electron chi connectivity index (χ0n) is 10.7. The number of nitrogens with one attached hydrogen (secondary N) is 1. The maximum atomic E-state index is 5.47. The van der Waals surface area contributed by atoms with Gasteiger partial charge in [-0.05, 0) is 37.4 Å². The van der Waals surface area contributed by atoms with Crippen LogP contribution in [0.2, 0.25) is 0 Å². The van der Waals surface area contributed by atoms with Crippen molar-refractivity contribution in [2.24, 2.45) is 11.3 Å². The van der Waals surface area contributed by atoms with Crippen LogP contribution in [0.3, 0.4) is 0 Å². The highest BCUT2D eigenvalue weighted by Crippen LogP contribution is 2.30. The number of likely N-dealkylation sites (tertiary alicyclic amines) is 1. The van der Waals surface area contributed by atoms with Gasteiger partial charge in [0.1, 0.15) is 5.82 Å². The van der Waals surface area contributed by atoms with Gasteiger partial charge in [0.05, 0.1) is 0 Å². The maximum absolute atomic E-state index is 5.47. The number of piperidine rings is 1. The lowest BCUT2D eigenvalue weighted by molar-refractivity contribution is 0.127. The van der Waals surface area contributed by atoms with Crippen LogP contribution in [0.1, 0.15) is 32.3 Å². The Hall–Kier alpha value is -1.13. The van der Waals surface area contributed by atoms with Crippen LogP contribution in [-0.4, -0.2) is 23.0 Å². The van der Waals surface area contributed by atoms with E-state index < -0.39 is 0 Å². The van der Waals surface area contributed by atoms with Gasteiger partial charge in [-0.3, -0.25) is 4.90 Å². The molecule has 2 heterocycles. The molecule has 0 aliphatic carbocycles. The second-order valence-electron chi connectivity index (χ2n) is 5.60. The highest BCUT2D eigenvalue weighted by Gasteiger charge is 2.25. The predicted octanol–water partition coefficient (Wildman–Crippen LogP) is 1.99. The predicted molar refractivity (Wildman–Crippen MR) is 70.3 cm³/mol. The zero-order chi connectivity index (χ0) is 12.3. The lowest BCUT2D eigenvalue weighted by Crippen LogP contribution is -2.37. The molecular formula is C13H22N4. The van der Waals surface area contributed by atoms with Crippen LogP contribution >= 0.6 is 0 Å². The number of nitrogen functional groups attached to an aromatic ring is 1. The van der Waals surface area contributed by atoms with E-state index in [2.05, 4.69) is 35.2 Å². The van der Waals surface area contributed by atoms with Crippen molar-refractivity contribution < 1.29 is 0 Å². The SMILES string of the molecule is CC1(C)CCN(Cc2cccnc2NN)CC1. The Bertz CT molecular complexity index is 365. The summed E-state index contributed by atoms with van der Waals surface area (Å²) in [4.78, 5) is 6.70. The molecule has 4 heteroatoms. The molecule has 0 amide bonds. The smallest absolute Gasteiger partial charge is 0.144 e. The van der Waals surface area contributed by atoms with Gasteiger partial charge in [-0.1, -0.05) is 19.9 Å². The highest BCUT2D eigenvalue weighted by atomic mass is 15.3. The summed E-state index contributed by atoms with van der Waals surface area (Å²) in [5.74, 6) is 6.26. The molecule has 1 aliphatic heterocycles. The molecule has 3 N–H and O–H groups in total. The Labute approximate surface area is 103 Å². The van der Waals surface area contributed by atoms with E-state index in [0.29, 0.717) is 5.41 Å². The van der Waals surface area contributed by atoms with Crippen molar-refractivity contribution in [3.8, 4) is 0 Å². The molecule has 1 aromatic rings. The minimum atomic E-state index is 0.500. The highest BCUT2D eigenvalue weighted by molar-refractivity contribution is 5.42. The normalized spacial score (nSPS) is 20.2. The third kappa shape index (κ3) is 3.17. The molecule has 0 bridgehead atoms. The summed E-state index contributed by atoms with van der Waals surface area (Å²) in [6.07, 6.45) is 4.29. The van der Waals surface area contributed by atoms with Crippen molar-refractivity contribution in [3.63, 3.8) is 0 Å². The first-order valence-corrected chi connectivity index (χ1v) is 6.24. The molecule has 94 valence electrons. The van der Waals surface area contributed by atoms with E-state index in [-0.39, 0.29) is 0 Å². The molecule has 2 rings (SSSR count). The topological polar surface area (TPSA) is 54.2 Å². The summed E-state index contributed by atoms with van der Waals surface area (Å²) >= 11 is 0. The maximum Gasteiger partial charge on any atom is 0.144 e. The van der Waals surface area contributed by atoms with Crippen LogP contribution in [0.25, 0.3) is 0 Å². The van der Waals surface area contributed by atoms with Gasteiger partial charge >= 0.3 is 0 Å². The fourth-order valence-electron chi connectivity index (χ4n) is 2.25. The lowest BCUT2D eigenvalue weighted by atomic mass is 9.82. The quantitative estimate of drug-likeness (QED) is 0.620. The van der Waals surface area contributed by atoms with E-state index in [4.69, 9.17) is 5.84 Å². The first-order chi connectivity index (χ1) is 8.11. The molecular weight excluding hydrogens is 212 g/mol. The van der Waals surface area contributed by atoms with E-state index in [9.17, 15) is 0 Å². The van der Waals surface area contributed by atoms with Gasteiger partial charge in [0.2, 0.25) is 0 Å². The van der Waals surface area contributed by atoms with Crippen LogP contribution in [-0.2, 0) is 6.54 Å². The van der Waals surface area contributed by atoms with Crippen molar-refractivity contribution in [1.82, 2.24) is 9.88 Å². The largest absolute Gasteiger partial charge is 0.308 e. The fourth-order valence-corrected chi connectivity index (χ4v) is 2.25. The third-order valence-electron chi connectivity index (χ3n) is 3.63. The number of hydrazine groups is 1. The molecule has 17 heavy (non-hydrogen) atoms. The molecule has 0 saturated carbocycles. The molecule has 0 unspecified atom stereocenters. The third-order valence-corrected chi connectivity index (χ3v) is 3.63. The monoisotopic (exact) mass is 234 g/mol. The lowest BCUT2D eigenvalue weighted by Gasteiger charge is -2.37. The first kappa shape index (κ1) is 12.3. The van der Waals surface area contributed by atoms with Crippen molar-refractivity contribution in [3.05, 3.63) is 23.9 Å². The Morgan fingerprint density at radius 3 is 2.76 bits per heavy atom. The molecule has 4 nitrogen and oxygen atoms in total. The summed E-state index contributed by atoms with van der Waals surface area (Å²) in [5, 5.41) is 0. The Morgan fingerprint density at radius 1 is 1.41 bits per heavy atom. The number of hydrogen-bond acceptors (Lipinski definition) is 4. The van der Waals surface area contributed by atoms with Crippen LogP contribution in [0.5, 0.6) is 0 Å². The minimum absolute atomic E-state index is 0.500. The van der Waals surface area contributed by atoms with E-state index in [1.54, 1.807) is 6.20 Å². The van der Waals surface area contributed by atoms with Gasteiger partial charge in [-0.25, -0.2) is 10.8 Å². The molecule has 0 aromatic carbocycles. The van der Waals surface area contributed by atoms with Crippen molar-refractivity contribution >= 4 is 5.82 Å². The average molecular weight is 234 g/mol. The van der Waals surface area contributed by atoms with Crippen molar-refractivity contribution in [2.75, 3.05) is 18.5 Å². The Balaban J connectivity index is 1.98. The summed E-state index contributed by atoms with van der Waals surface area (Å²) in [6.45, 7) is 7.95.